The van der Waals surface area contributed by atoms with Crippen molar-refractivity contribution >= 4 is 15.9 Å². The summed E-state index contributed by atoms with van der Waals surface area (Å²) in [6.07, 6.45) is 0. The monoisotopic (exact) mass is 333 g/mol. The molecule has 1 rings (SSSR count). The minimum absolute atomic E-state index is 0.0224. The molecule has 3 nitrogen and oxygen atoms in total. The highest BCUT2D eigenvalue weighted by molar-refractivity contribution is 9.10. The Hall–Kier alpha value is -0.810. The lowest BCUT2D eigenvalue weighted by atomic mass is 10.1. The van der Waals surface area contributed by atoms with Crippen LogP contribution in [0.15, 0.2) is 16.6 Å². The molecule has 0 saturated heterocycles. The lowest BCUT2D eigenvalue weighted by Crippen LogP contribution is -2.35. The number of methoxy groups -OCH3 is 1. The van der Waals surface area contributed by atoms with Gasteiger partial charge >= 0.3 is 0 Å². The van der Waals surface area contributed by atoms with E-state index < -0.39 is 6.67 Å². The summed E-state index contributed by atoms with van der Waals surface area (Å²) in [6, 6.07) is 3.85. The zero-order valence-electron chi connectivity index (χ0n) is 11.8. The predicted molar refractivity (Wildman–Crippen MR) is 78.8 cm³/mol. The van der Waals surface area contributed by atoms with Gasteiger partial charge in [-0.05, 0) is 54.4 Å². The van der Waals surface area contributed by atoms with Gasteiger partial charge in [0.1, 0.15) is 13.3 Å². The third-order valence-electron chi connectivity index (χ3n) is 2.44. The quantitative estimate of drug-likeness (QED) is 0.861. The molecule has 1 N–H and O–H groups in total. The SMILES string of the molecule is COc1cc(CNC(C)(C)C)cc(Br)c1OCCF. The van der Waals surface area contributed by atoms with Crippen molar-refractivity contribution in [2.45, 2.75) is 32.9 Å². The molecule has 0 heterocycles. The van der Waals surface area contributed by atoms with Crippen molar-refractivity contribution in [2.75, 3.05) is 20.4 Å². The summed E-state index contributed by atoms with van der Waals surface area (Å²) in [6.45, 7) is 6.55. The summed E-state index contributed by atoms with van der Waals surface area (Å²) in [5.74, 6) is 1.15. The third kappa shape index (κ3) is 5.37. The van der Waals surface area contributed by atoms with Crippen LogP contribution >= 0.6 is 15.9 Å². The summed E-state index contributed by atoms with van der Waals surface area (Å²) in [5.41, 5.74) is 1.12. The number of benzene rings is 1. The Bertz CT molecular complexity index is 419. The second-order valence-electron chi connectivity index (χ2n) is 5.25. The molecule has 0 aliphatic rings. The fourth-order valence-corrected chi connectivity index (χ4v) is 2.13. The van der Waals surface area contributed by atoms with E-state index in [0.29, 0.717) is 11.5 Å². The molecule has 108 valence electrons. The van der Waals surface area contributed by atoms with Crippen molar-refractivity contribution in [3.8, 4) is 11.5 Å². The second-order valence-corrected chi connectivity index (χ2v) is 6.10. The van der Waals surface area contributed by atoms with Crippen molar-refractivity contribution in [3.05, 3.63) is 22.2 Å². The number of halogens is 2. The standard InChI is InChI=1S/C14H21BrFNO2/c1-14(2,3)17-9-10-7-11(15)13(19-6-5-16)12(8-10)18-4/h7-8,17H,5-6,9H2,1-4H3. The Morgan fingerprint density at radius 1 is 1.32 bits per heavy atom. The molecule has 5 heteroatoms. The zero-order chi connectivity index (χ0) is 14.5. The van der Waals surface area contributed by atoms with Gasteiger partial charge in [0.2, 0.25) is 0 Å². The summed E-state index contributed by atoms with van der Waals surface area (Å²) < 4.78 is 23.6. The van der Waals surface area contributed by atoms with Crippen LogP contribution in [0.1, 0.15) is 26.3 Å². The Morgan fingerprint density at radius 3 is 2.53 bits per heavy atom. The van der Waals surface area contributed by atoms with Crippen LogP contribution < -0.4 is 14.8 Å². The summed E-state index contributed by atoms with van der Waals surface area (Å²) in [7, 11) is 1.57. The molecule has 19 heavy (non-hydrogen) atoms. The van der Waals surface area contributed by atoms with Crippen LogP contribution in [0.25, 0.3) is 0 Å². The number of hydrogen-bond donors (Lipinski definition) is 1. The van der Waals surface area contributed by atoms with Crippen molar-refractivity contribution in [3.63, 3.8) is 0 Å². The smallest absolute Gasteiger partial charge is 0.175 e. The van der Waals surface area contributed by atoms with Gasteiger partial charge in [-0.2, -0.15) is 0 Å². The van der Waals surface area contributed by atoms with E-state index in [9.17, 15) is 4.39 Å². The van der Waals surface area contributed by atoms with Gasteiger partial charge in [0.25, 0.3) is 0 Å². The summed E-state index contributed by atoms with van der Waals surface area (Å²) in [4.78, 5) is 0. The van der Waals surface area contributed by atoms with E-state index in [0.717, 1.165) is 16.6 Å². The fraction of sp³-hybridized carbons (Fsp3) is 0.571. The Labute approximate surface area is 122 Å². The van der Waals surface area contributed by atoms with Crippen LogP contribution in [0.5, 0.6) is 11.5 Å². The minimum Gasteiger partial charge on any atom is -0.493 e. The first-order valence-electron chi connectivity index (χ1n) is 6.17. The second kappa shape index (κ2) is 7.10. The summed E-state index contributed by atoms with van der Waals surface area (Å²) >= 11 is 3.43. The first-order valence-corrected chi connectivity index (χ1v) is 6.97. The van der Waals surface area contributed by atoms with Crippen LogP contribution in [0.2, 0.25) is 0 Å². The van der Waals surface area contributed by atoms with E-state index in [1.807, 2.05) is 12.1 Å². The summed E-state index contributed by atoms with van der Waals surface area (Å²) in [5, 5.41) is 3.40. The van der Waals surface area contributed by atoms with Gasteiger partial charge < -0.3 is 14.8 Å². The number of alkyl halides is 1. The third-order valence-corrected chi connectivity index (χ3v) is 3.02. The number of rotatable bonds is 6. The average molecular weight is 334 g/mol. The van der Waals surface area contributed by atoms with Crippen molar-refractivity contribution < 1.29 is 13.9 Å². The van der Waals surface area contributed by atoms with Crippen molar-refractivity contribution in [1.29, 1.82) is 0 Å². The molecule has 1 aromatic carbocycles. The van der Waals surface area contributed by atoms with E-state index in [2.05, 4.69) is 42.0 Å². The van der Waals surface area contributed by atoms with Gasteiger partial charge in [-0.25, -0.2) is 4.39 Å². The maximum Gasteiger partial charge on any atom is 0.175 e. The lowest BCUT2D eigenvalue weighted by Gasteiger charge is -2.21. The molecule has 0 atom stereocenters. The highest BCUT2D eigenvalue weighted by Gasteiger charge is 2.13. The molecule has 0 unspecified atom stereocenters. The van der Waals surface area contributed by atoms with E-state index in [-0.39, 0.29) is 12.1 Å². The maximum atomic E-state index is 12.2. The van der Waals surface area contributed by atoms with E-state index in [1.165, 1.54) is 0 Å². The number of hydrogen-bond acceptors (Lipinski definition) is 3. The molecule has 0 bridgehead atoms. The van der Waals surface area contributed by atoms with Gasteiger partial charge in [-0.15, -0.1) is 0 Å². The number of ether oxygens (including phenoxy) is 2. The lowest BCUT2D eigenvalue weighted by molar-refractivity contribution is 0.258. The van der Waals surface area contributed by atoms with Crippen LogP contribution in [-0.2, 0) is 6.54 Å². The molecular weight excluding hydrogens is 313 g/mol. The van der Waals surface area contributed by atoms with E-state index in [1.54, 1.807) is 7.11 Å². The van der Waals surface area contributed by atoms with E-state index in [4.69, 9.17) is 9.47 Å². The Kier molecular flexibility index (Phi) is 6.07. The minimum atomic E-state index is -0.525. The van der Waals surface area contributed by atoms with Gasteiger partial charge in [0.05, 0.1) is 11.6 Å². The molecular formula is C14H21BrFNO2. The fourth-order valence-electron chi connectivity index (χ4n) is 1.52. The van der Waals surface area contributed by atoms with Gasteiger partial charge in [-0.1, -0.05) is 0 Å². The van der Waals surface area contributed by atoms with Gasteiger partial charge in [0, 0.05) is 12.1 Å². The largest absolute Gasteiger partial charge is 0.493 e. The van der Waals surface area contributed by atoms with Gasteiger partial charge in [0.15, 0.2) is 11.5 Å². The Morgan fingerprint density at radius 2 is 2.00 bits per heavy atom. The van der Waals surface area contributed by atoms with Crippen LogP contribution in [-0.4, -0.2) is 25.9 Å². The molecule has 0 aliphatic carbocycles. The van der Waals surface area contributed by atoms with Crippen LogP contribution in [0.3, 0.4) is 0 Å². The van der Waals surface area contributed by atoms with Crippen molar-refractivity contribution in [1.82, 2.24) is 5.32 Å². The highest BCUT2D eigenvalue weighted by Crippen LogP contribution is 2.36. The van der Waals surface area contributed by atoms with Crippen molar-refractivity contribution in [2.24, 2.45) is 0 Å². The molecule has 0 spiro atoms. The predicted octanol–water partition coefficient (Wildman–Crippen LogP) is 3.69. The van der Waals surface area contributed by atoms with Crippen LogP contribution in [0, 0.1) is 0 Å². The molecule has 0 aromatic heterocycles. The molecule has 0 amide bonds. The molecule has 0 fully saturated rings. The van der Waals surface area contributed by atoms with Gasteiger partial charge in [-0.3, -0.25) is 0 Å². The first kappa shape index (κ1) is 16.2. The first-order chi connectivity index (χ1) is 8.87. The highest BCUT2D eigenvalue weighted by atomic mass is 79.9. The van der Waals surface area contributed by atoms with E-state index >= 15 is 0 Å². The molecule has 0 saturated carbocycles. The normalized spacial score (nSPS) is 11.5. The molecule has 0 aliphatic heterocycles. The zero-order valence-corrected chi connectivity index (χ0v) is 13.4. The average Bonchev–Trinajstić information content (AvgIpc) is 2.33. The number of nitrogens with one attached hydrogen (secondary N) is 1. The maximum absolute atomic E-state index is 12.2. The topological polar surface area (TPSA) is 30.5 Å². The van der Waals surface area contributed by atoms with Crippen LogP contribution in [0.4, 0.5) is 4.39 Å². The molecule has 1 aromatic rings. The Balaban J connectivity index is 2.89. The molecule has 0 radical (unpaired) electrons.